The normalized spacial score (nSPS) is 17.3. The minimum absolute atomic E-state index is 0.0356. The molecule has 1 aliphatic heterocycles. The Bertz CT molecular complexity index is 684. The number of anilines is 2. The van der Waals surface area contributed by atoms with E-state index in [9.17, 15) is 4.79 Å². The van der Waals surface area contributed by atoms with Gasteiger partial charge in [-0.05, 0) is 43.1 Å². The Morgan fingerprint density at radius 2 is 2.04 bits per heavy atom. The number of carbonyl (C=O) groups excluding carboxylic acids is 1. The summed E-state index contributed by atoms with van der Waals surface area (Å²) in [5.41, 5.74) is 2.79. The lowest BCUT2D eigenvalue weighted by Crippen LogP contribution is -2.37. The summed E-state index contributed by atoms with van der Waals surface area (Å²) in [6.07, 6.45) is 1.98. The van der Waals surface area contributed by atoms with Crippen molar-refractivity contribution in [1.82, 2.24) is 5.32 Å². The summed E-state index contributed by atoms with van der Waals surface area (Å²) in [7, 11) is 0. The van der Waals surface area contributed by atoms with E-state index in [1.54, 1.807) is 6.07 Å². The van der Waals surface area contributed by atoms with Crippen LogP contribution in [0.15, 0.2) is 48.5 Å². The Labute approximate surface area is 147 Å². The molecule has 1 unspecified atom stereocenters. The molecule has 0 aromatic heterocycles. The maximum absolute atomic E-state index is 12.3. The Morgan fingerprint density at radius 1 is 1.21 bits per heavy atom. The van der Waals surface area contributed by atoms with Crippen LogP contribution in [0.3, 0.4) is 0 Å². The van der Waals surface area contributed by atoms with Crippen LogP contribution in [0.25, 0.3) is 0 Å². The maximum atomic E-state index is 12.3. The van der Waals surface area contributed by atoms with Crippen LogP contribution in [0.1, 0.15) is 18.4 Å². The zero-order valence-corrected chi connectivity index (χ0v) is 14.3. The first-order chi connectivity index (χ1) is 11.7. The number of carbonyl (C=O) groups is 1. The Balaban J connectivity index is 1.58. The zero-order valence-electron chi connectivity index (χ0n) is 13.5. The van der Waals surface area contributed by atoms with E-state index < -0.39 is 0 Å². The monoisotopic (exact) mass is 343 g/mol. The fraction of sp³-hybridized carbons (Fsp3) is 0.316. The lowest BCUT2D eigenvalue weighted by atomic mass is 9.99. The number of benzene rings is 2. The molecular weight excluding hydrogens is 322 g/mol. The van der Waals surface area contributed by atoms with Gasteiger partial charge in [-0.1, -0.05) is 41.9 Å². The average Bonchev–Trinajstić information content (AvgIpc) is 2.62. The van der Waals surface area contributed by atoms with Gasteiger partial charge in [-0.2, -0.15) is 0 Å². The van der Waals surface area contributed by atoms with E-state index in [2.05, 4.69) is 28.1 Å². The van der Waals surface area contributed by atoms with Crippen LogP contribution in [0, 0.1) is 5.92 Å². The van der Waals surface area contributed by atoms with Crippen molar-refractivity contribution in [3.63, 3.8) is 0 Å². The van der Waals surface area contributed by atoms with Gasteiger partial charge in [0, 0.05) is 18.8 Å². The average molecular weight is 344 g/mol. The van der Waals surface area contributed by atoms with E-state index in [0.29, 0.717) is 11.6 Å². The molecular formula is C19H22ClN3O. The second-order valence-corrected chi connectivity index (χ2v) is 6.47. The molecule has 1 atom stereocenters. The Morgan fingerprint density at radius 3 is 2.75 bits per heavy atom. The van der Waals surface area contributed by atoms with E-state index in [0.717, 1.165) is 37.3 Å². The highest BCUT2D eigenvalue weighted by Crippen LogP contribution is 2.26. The number of halogens is 1. The molecule has 0 spiro atoms. The van der Waals surface area contributed by atoms with Crippen molar-refractivity contribution < 1.29 is 4.79 Å². The first-order valence-corrected chi connectivity index (χ1v) is 8.69. The largest absolute Gasteiger partial charge is 0.380 e. The smallest absolute Gasteiger partial charge is 0.228 e. The van der Waals surface area contributed by atoms with Crippen molar-refractivity contribution in [2.45, 2.75) is 19.4 Å². The van der Waals surface area contributed by atoms with Crippen LogP contribution in [0.5, 0.6) is 0 Å². The summed E-state index contributed by atoms with van der Waals surface area (Å²) in [4.78, 5) is 12.3. The molecule has 126 valence electrons. The summed E-state index contributed by atoms with van der Waals surface area (Å²) >= 11 is 6.34. The minimum Gasteiger partial charge on any atom is -0.380 e. The second-order valence-electron chi connectivity index (χ2n) is 6.07. The van der Waals surface area contributed by atoms with Gasteiger partial charge in [0.05, 0.1) is 16.6 Å². The third-order valence-corrected chi connectivity index (χ3v) is 4.54. The van der Waals surface area contributed by atoms with E-state index in [1.165, 1.54) is 5.56 Å². The van der Waals surface area contributed by atoms with Gasteiger partial charge >= 0.3 is 0 Å². The number of amides is 1. The van der Waals surface area contributed by atoms with Gasteiger partial charge in [-0.3, -0.25) is 4.79 Å². The van der Waals surface area contributed by atoms with Crippen LogP contribution in [0.4, 0.5) is 11.4 Å². The highest BCUT2D eigenvalue weighted by molar-refractivity contribution is 6.33. The highest BCUT2D eigenvalue weighted by atomic mass is 35.5. The van der Waals surface area contributed by atoms with Crippen LogP contribution in [0.2, 0.25) is 5.02 Å². The molecule has 5 heteroatoms. The molecule has 0 bridgehead atoms. The second kappa shape index (κ2) is 8.18. The number of piperidine rings is 1. The van der Waals surface area contributed by atoms with Crippen LogP contribution < -0.4 is 16.0 Å². The molecule has 2 aromatic rings. The van der Waals surface area contributed by atoms with Crippen molar-refractivity contribution in [3.8, 4) is 0 Å². The van der Waals surface area contributed by atoms with E-state index in [-0.39, 0.29) is 11.8 Å². The Kier molecular flexibility index (Phi) is 5.72. The quantitative estimate of drug-likeness (QED) is 0.772. The predicted octanol–water partition coefficient (Wildman–Crippen LogP) is 3.89. The molecule has 1 saturated heterocycles. The van der Waals surface area contributed by atoms with Gasteiger partial charge in [0.1, 0.15) is 0 Å². The maximum Gasteiger partial charge on any atom is 0.228 e. The molecule has 3 rings (SSSR count). The first-order valence-electron chi connectivity index (χ1n) is 8.31. The lowest BCUT2D eigenvalue weighted by Gasteiger charge is -2.22. The van der Waals surface area contributed by atoms with Crippen LogP contribution in [-0.2, 0) is 11.3 Å². The minimum atomic E-state index is 0.0356. The standard InChI is InChI=1S/C19H22ClN3O/c20-17-11-16(23-19(24)15-7-4-10-21-13-15)8-9-18(17)22-12-14-5-2-1-3-6-14/h1-3,5-6,8-9,11,15,21-22H,4,7,10,12-13H2,(H,23,24). The van der Waals surface area contributed by atoms with Gasteiger partial charge in [-0.15, -0.1) is 0 Å². The molecule has 4 nitrogen and oxygen atoms in total. The molecule has 0 aliphatic carbocycles. The number of rotatable bonds is 5. The molecule has 0 saturated carbocycles. The summed E-state index contributed by atoms with van der Waals surface area (Å²) in [5.74, 6) is 0.0941. The molecule has 1 fully saturated rings. The summed E-state index contributed by atoms with van der Waals surface area (Å²) in [6, 6.07) is 15.7. The molecule has 0 radical (unpaired) electrons. The summed E-state index contributed by atoms with van der Waals surface area (Å²) < 4.78 is 0. The third-order valence-electron chi connectivity index (χ3n) is 4.23. The molecule has 1 amide bonds. The van der Waals surface area contributed by atoms with Gasteiger partial charge in [0.2, 0.25) is 5.91 Å². The van der Waals surface area contributed by atoms with Gasteiger partial charge in [-0.25, -0.2) is 0 Å². The SMILES string of the molecule is O=C(Nc1ccc(NCc2ccccc2)c(Cl)c1)C1CCCNC1. The number of nitrogens with one attached hydrogen (secondary N) is 3. The van der Waals surface area contributed by atoms with Crippen molar-refractivity contribution in [2.24, 2.45) is 5.92 Å². The molecule has 24 heavy (non-hydrogen) atoms. The molecule has 3 N–H and O–H groups in total. The predicted molar refractivity (Wildman–Crippen MR) is 99.4 cm³/mol. The van der Waals surface area contributed by atoms with Crippen molar-refractivity contribution in [2.75, 3.05) is 23.7 Å². The van der Waals surface area contributed by atoms with Crippen LogP contribution in [-0.4, -0.2) is 19.0 Å². The molecule has 1 aliphatic rings. The fourth-order valence-electron chi connectivity index (χ4n) is 2.85. The van der Waals surface area contributed by atoms with Crippen molar-refractivity contribution in [3.05, 3.63) is 59.1 Å². The number of hydrogen-bond acceptors (Lipinski definition) is 3. The van der Waals surface area contributed by atoms with Gasteiger partial charge in [0.15, 0.2) is 0 Å². The lowest BCUT2D eigenvalue weighted by molar-refractivity contribution is -0.120. The fourth-order valence-corrected chi connectivity index (χ4v) is 3.10. The zero-order chi connectivity index (χ0) is 16.8. The topological polar surface area (TPSA) is 53.2 Å². The van der Waals surface area contributed by atoms with E-state index in [1.807, 2.05) is 30.3 Å². The van der Waals surface area contributed by atoms with Crippen molar-refractivity contribution >= 4 is 28.9 Å². The van der Waals surface area contributed by atoms with Crippen LogP contribution >= 0.6 is 11.6 Å². The molecule has 1 heterocycles. The van der Waals surface area contributed by atoms with Crippen molar-refractivity contribution in [1.29, 1.82) is 0 Å². The van der Waals surface area contributed by atoms with E-state index >= 15 is 0 Å². The summed E-state index contributed by atoms with van der Waals surface area (Å²) in [6.45, 7) is 2.45. The van der Waals surface area contributed by atoms with Gasteiger partial charge in [0.25, 0.3) is 0 Å². The van der Waals surface area contributed by atoms with Gasteiger partial charge < -0.3 is 16.0 Å². The first kappa shape index (κ1) is 16.8. The van der Waals surface area contributed by atoms with E-state index in [4.69, 9.17) is 11.6 Å². The highest BCUT2D eigenvalue weighted by Gasteiger charge is 2.20. The summed E-state index contributed by atoms with van der Waals surface area (Å²) in [5, 5.41) is 10.1. The molecule has 2 aromatic carbocycles. The number of hydrogen-bond donors (Lipinski definition) is 3. The Hall–Kier alpha value is -2.04. The third kappa shape index (κ3) is 4.49.